The maximum Gasteiger partial charge on any atom is 0.246 e. The number of benzene rings is 1. The SMILES string of the molecule is CC=CC(=O)N1CC[C@H](Nc2nc(-c3ncn[nH]3)cc3ccccc23)C1. The Morgan fingerprint density at radius 2 is 2.27 bits per heavy atom. The van der Waals surface area contributed by atoms with Gasteiger partial charge in [0.2, 0.25) is 5.91 Å². The Kier molecular flexibility index (Phi) is 4.35. The van der Waals surface area contributed by atoms with Gasteiger partial charge in [-0.15, -0.1) is 0 Å². The van der Waals surface area contributed by atoms with E-state index in [-0.39, 0.29) is 11.9 Å². The third-order valence-electron chi connectivity index (χ3n) is 4.55. The number of carbonyl (C=O) groups excluding carboxylic acids is 1. The minimum absolute atomic E-state index is 0.0602. The van der Waals surface area contributed by atoms with E-state index in [1.807, 2.05) is 36.1 Å². The number of allylic oxidation sites excluding steroid dienone is 1. The molecule has 0 bridgehead atoms. The number of likely N-dealkylation sites (tertiary alicyclic amines) is 1. The molecule has 1 atom stereocenters. The molecule has 0 unspecified atom stereocenters. The van der Waals surface area contributed by atoms with Crippen molar-refractivity contribution in [1.82, 2.24) is 25.1 Å². The highest BCUT2D eigenvalue weighted by Gasteiger charge is 2.25. The first-order chi connectivity index (χ1) is 12.7. The van der Waals surface area contributed by atoms with Gasteiger partial charge in [-0.1, -0.05) is 30.3 Å². The summed E-state index contributed by atoms with van der Waals surface area (Å²) >= 11 is 0. The molecular formula is C19H20N6O. The number of amides is 1. The monoisotopic (exact) mass is 348 g/mol. The van der Waals surface area contributed by atoms with Crippen LogP contribution >= 0.6 is 0 Å². The van der Waals surface area contributed by atoms with Gasteiger partial charge in [0.05, 0.1) is 0 Å². The van der Waals surface area contributed by atoms with Crippen LogP contribution in [0.5, 0.6) is 0 Å². The number of nitrogens with zero attached hydrogens (tertiary/aromatic N) is 4. The van der Waals surface area contributed by atoms with Crippen molar-refractivity contribution in [3.05, 3.63) is 48.8 Å². The van der Waals surface area contributed by atoms with Crippen LogP contribution in [0.1, 0.15) is 13.3 Å². The fourth-order valence-electron chi connectivity index (χ4n) is 3.28. The first kappa shape index (κ1) is 16.3. The van der Waals surface area contributed by atoms with E-state index >= 15 is 0 Å². The molecule has 1 saturated heterocycles. The van der Waals surface area contributed by atoms with Crippen molar-refractivity contribution in [2.24, 2.45) is 0 Å². The summed E-state index contributed by atoms with van der Waals surface area (Å²) in [5, 5.41) is 12.4. The molecule has 1 aromatic carbocycles. The molecule has 1 fully saturated rings. The van der Waals surface area contributed by atoms with Crippen molar-refractivity contribution in [3.63, 3.8) is 0 Å². The lowest BCUT2D eigenvalue weighted by Gasteiger charge is -2.17. The van der Waals surface area contributed by atoms with Crippen molar-refractivity contribution >= 4 is 22.5 Å². The standard InChI is InChI=1S/C19H20N6O/c1-2-5-17(26)25-9-8-14(11-25)22-18-15-7-4-3-6-13(15)10-16(23-18)19-20-12-21-24-19/h2-7,10,12,14H,8-9,11H2,1H3,(H,22,23)(H,20,21,24)/t14-/m0/s1. The van der Waals surface area contributed by atoms with E-state index in [4.69, 9.17) is 4.98 Å². The second kappa shape index (κ2) is 6.95. The lowest BCUT2D eigenvalue weighted by molar-refractivity contribution is -0.125. The molecule has 0 radical (unpaired) electrons. The molecule has 1 amide bonds. The molecule has 1 aliphatic rings. The van der Waals surface area contributed by atoms with E-state index in [9.17, 15) is 4.79 Å². The zero-order valence-electron chi connectivity index (χ0n) is 14.5. The van der Waals surface area contributed by atoms with E-state index in [0.29, 0.717) is 12.4 Å². The molecule has 3 heterocycles. The average Bonchev–Trinajstić information content (AvgIpc) is 3.34. The molecule has 0 spiro atoms. The third-order valence-corrected chi connectivity index (χ3v) is 4.55. The number of fused-ring (bicyclic) bond motifs is 1. The zero-order chi connectivity index (χ0) is 17.9. The van der Waals surface area contributed by atoms with E-state index in [2.05, 4.69) is 26.6 Å². The first-order valence-corrected chi connectivity index (χ1v) is 8.68. The van der Waals surface area contributed by atoms with Crippen LogP contribution in [-0.4, -0.2) is 50.1 Å². The molecule has 0 saturated carbocycles. The Hall–Kier alpha value is -3.22. The van der Waals surface area contributed by atoms with Crippen LogP contribution in [0.3, 0.4) is 0 Å². The van der Waals surface area contributed by atoms with Crippen LogP contribution in [0.25, 0.3) is 22.3 Å². The number of carbonyl (C=O) groups is 1. The smallest absolute Gasteiger partial charge is 0.246 e. The maximum absolute atomic E-state index is 12.0. The van der Waals surface area contributed by atoms with Crippen molar-refractivity contribution in [3.8, 4) is 11.5 Å². The Morgan fingerprint density at radius 1 is 1.38 bits per heavy atom. The zero-order valence-corrected chi connectivity index (χ0v) is 14.5. The van der Waals surface area contributed by atoms with Crippen LogP contribution in [0.2, 0.25) is 0 Å². The van der Waals surface area contributed by atoms with Crippen LogP contribution in [0.15, 0.2) is 48.8 Å². The topological polar surface area (TPSA) is 86.8 Å². The number of rotatable bonds is 4. The van der Waals surface area contributed by atoms with Crippen LogP contribution in [-0.2, 0) is 4.79 Å². The molecule has 7 nitrogen and oxygen atoms in total. The van der Waals surface area contributed by atoms with Crippen molar-refractivity contribution < 1.29 is 4.79 Å². The molecule has 2 aromatic heterocycles. The number of nitrogens with one attached hydrogen (secondary N) is 2. The fraction of sp³-hybridized carbons (Fsp3) is 0.263. The third kappa shape index (κ3) is 3.15. The number of hydrogen-bond donors (Lipinski definition) is 2. The van der Waals surface area contributed by atoms with Crippen LogP contribution < -0.4 is 5.32 Å². The summed E-state index contributed by atoms with van der Waals surface area (Å²) in [7, 11) is 0. The predicted octanol–water partition coefficient (Wildman–Crippen LogP) is 2.61. The number of aromatic amines is 1. The summed E-state index contributed by atoms with van der Waals surface area (Å²) < 4.78 is 0. The van der Waals surface area contributed by atoms with E-state index < -0.39 is 0 Å². The molecule has 3 aromatic rings. The summed E-state index contributed by atoms with van der Waals surface area (Å²) in [6.07, 6.45) is 5.76. The molecule has 0 aliphatic carbocycles. The number of H-pyrrole nitrogens is 1. The van der Waals surface area contributed by atoms with Gasteiger partial charge in [-0.2, -0.15) is 5.10 Å². The summed E-state index contributed by atoms with van der Waals surface area (Å²) in [5.41, 5.74) is 0.739. The van der Waals surface area contributed by atoms with Gasteiger partial charge in [0.25, 0.3) is 0 Å². The highest BCUT2D eigenvalue weighted by molar-refractivity contribution is 5.94. The summed E-state index contributed by atoms with van der Waals surface area (Å²) in [6, 6.07) is 10.3. The molecule has 1 aliphatic heterocycles. The summed E-state index contributed by atoms with van der Waals surface area (Å²) in [4.78, 5) is 22.9. The highest BCUT2D eigenvalue weighted by Crippen LogP contribution is 2.27. The number of aromatic nitrogens is 4. The largest absolute Gasteiger partial charge is 0.365 e. The fourth-order valence-corrected chi connectivity index (χ4v) is 3.28. The van der Waals surface area contributed by atoms with Gasteiger partial charge < -0.3 is 10.2 Å². The molecule has 7 heteroatoms. The number of pyridine rings is 1. The Balaban J connectivity index is 1.63. The normalized spacial score (nSPS) is 17.3. The average molecular weight is 348 g/mol. The molecule has 4 rings (SSSR count). The van der Waals surface area contributed by atoms with Crippen LogP contribution in [0.4, 0.5) is 5.82 Å². The Labute approximate surface area is 151 Å². The van der Waals surface area contributed by atoms with Gasteiger partial charge in [-0.3, -0.25) is 9.89 Å². The molecular weight excluding hydrogens is 328 g/mol. The highest BCUT2D eigenvalue weighted by atomic mass is 16.2. The lowest BCUT2D eigenvalue weighted by atomic mass is 10.1. The van der Waals surface area contributed by atoms with Gasteiger partial charge >= 0.3 is 0 Å². The maximum atomic E-state index is 12.0. The van der Waals surface area contributed by atoms with E-state index in [1.54, 1.807) is 12.2 Å². The number of hydrogen-bond acceptors (Lipinski definition) is 5. The first-order valence-electron chi connectivity index (χ1n) is 8.68. The van der Waals surface area contributed by atoms with Gasteiger partial charge in [0.1, 0.15) is 17.8 Å². The molecule has 2 N–H and O–H groups in total. The van der Waals surface area contributed by atoms with E-state index in [0.717, 1.165) is 35.2 Å². The minimum atomic E-state index is 0.0602. The van der Waals surface area contributed by atoms with Gasteiger partial charge in [-0.05, 0) is 30.9 Å². The van der Waals surface area contributed by atoms with Crippen molar-refractivity contribution in [2.75, 3.05) is 18.4 Å². The summed E-state index contributed by atoms with van der Waals surface area (Å²) in [6.45, 7) is 3.28. The lowest BCUT2D eigenvalue weighted by Crippen LogP contribution is -2.30. The Morgan fingerprint density at radius 3 is 3.08 bits per heavy atom. The predicted molar refractivity (Wildman–Crippen MR) is 101 cm³/mol. The molecule has 132 valence electrons. The molecule has 26 heavy (non-hydrogen) atoms. The summed E-state index contributed by atoms with van der Waals surface area (Å²) in [5.74, 6) is 1.50. The van der Waals surface area contributed by atoms with E-state index in [1.165, 1.54) is 6.33 Å². The van der Waals surface area contributed by atoms with Crippen LogP contribution in [0, 0.1) is 0 Å². The quantitative estimate of drug-likeness (QED) is 0.708. The van der Waals surface area contributed by atoms with Gasteiger partial charge in [0.15, 0.2) is 5.82 Å². The van der Waals surface area contributed by atoms with Gasteiger partial charge in [-0.25, -0.2) is 9.97 Å². The van der Waals surface area contributed by atoms with Crippen molar-refractivity contribution in [2.45, 2.75) is 19.4 Å². The number of anilines is 1. The second-order valence-corrected chi connectivity index (χ2v) is 6.33. The van der Waals surface area contributed by atoms with Gasteiger partial charge in [0, 0.05) is 24.5 Å². The Bertz CT molecular complexity index is 950. The second-order valence-electron chi connectivity index (χ2n) is 6.33. The minimum Gasteiger partial charge on any atom is -0.365 e. The van der Waals surface area contributed by atoms with Crippen molar-refractivity contribution in [1.29, 1.82) is 0 Å².